The van der Waals surface area contributed by atoms with Crippen molar-refractivity contribution in [1.29, 1.82) is 0 Å². The number of morpholine rings is 1. The molecule has 10 nitrogen and oxygen atoms in total. The third-order valence-electron chi connectivity index (χ3n) is 8.04. The van der Waals surface area contributed by atoms with Crippen molar-refractivity contribution in [1.82, 2.24) is 15.3 Å². The van der Waals surface area contributed by atoms with Crippen LogP contribution in [0.5, 0.6) is 0 Å². The minimum absolute atomic E-state index is 0.0419. The van der Waals surface area contributed by atoms with Crippen molar-refractivity contribution < 1.29 is 28.1 Å². The molecular formula is C29H34FN5O5S. The van der Waals surface area contributed by atoms with Gasteiger partial charge in [0.2, 0.25) is 0 Å². The molecule has 3 fully saturated rings. The number of carbonyl (C=O) groups is 1. The molecule has 1 atom stereocenters. The summed E-state index contributed by atoms with van der Waals surface area (Å²) in [4.78, 5) is 23.9. The van der Waals surface area contributed by atoms with E-state index in [4.69, 9.17) is 14.7 Å². The Bertz CT molecular complexity index is 1450. The van der Waals surface area contributed by atoms with E-state index in [1.54, 1.807) is 36.4 Å². The molecule has 1 aromatic heterocycles. The van der Waals surface area contributed by atoms with Crippen LogP contribution in [-0.4, -0.2) is 68.2 Å². The molecule has 1 saturated heterocycles. The lowest BCUT2D eigenvalue weighted by molar-refractivity contribution is 0.0985. The topological polar surface area (TPSA) is 140 Å². The number of anilines is 2. The Kier molecular flexibility index (Phi) is 7.15. The fourth-order valence-electron chi connectivity index (χ4n) is 5.14. The van der Waals surface area contributed by atoms with Gasteiger partial charge in [0.25, 0.3) is 0 Å². The number of nitrogens with zero attached hydrogens (tertiary/aromatic N) is 3. The fourth-order valence-corrected chi connectivity index (χ4v) is 7.24. The van der Waals surface area contributed by atoms with Gasteiger partial charge < -0.3 is 25.4 Å². The molecule has 2 saturated carbocycles. The monoisotopic (exact) mass is 583 g/mol. The van der Waals surface area contributed by atoms with Crippen LogP contribution in [0.3, 0.4) is 0 Å². The Balaban J connectivity index is 1.32. The summed E-state index contributed by atoms with van der Waals surface area (Å²) in [6, 6.07) is 14.2. The molecule has 5 N–H and O–H groups in total. The number of hydrogen-bond acceptors (Lipinski definition) is 8. The van der Waals surface area contributed by atoms with Gasteiger partial charge in [-0.15, -0.1) is 0 Å². The van der Waals surface area contributed by atoms with Crippen molar-refractivity contribution in [2.24, 2.45) is 0 Å². The van der Waals surface area contributed by atoms with E-state index in [1.165, 1.54) is 18.2 Å². The van der Waals surface area contributed by atoms with Crippen LogP contribution >= 0.6 is 10.6 Å². The van der Waals surface area contributed by atoms with Gasteiger partial charge in [-0.1, -0.05) is 12.1 Å². The lowest BCUT2D eigenvalue weighted by Crippen LogP contribution is -2.44. The average Bonchev–Trinajstić information content (AvgIpc) is 3.90. The SMILES string of the molecule is C[C@H]1COCCN1c1cc(C2(S(O)(O)c3ccccc3F)CC2)nc(-c2ccc(NC(=O)NCC3(O)CC3)cc2)n1. The predicted octanol–water partition coefficient (Wildman–Crippen LogP) is 4.95. The predicted molar refractivity (Wildman–Crippen MR) is 155 cm³/mol. The summed E-state index contributed by atoms with van der Waals surface area (Å²) >= 11 is 0. The van der Waals surface area contributed by atoms with Gasteiger partial charge in [0, 0.05) is 30.4 Å². The van der Waals surface area contributed by atoms with Crippen molar-refractivity contribution in [2.45, 2.75) is 53.9 Å². The second-order valence-electron chi connectivity index (χ2n) is 11.1. The molecule has 3 aliphatic rings. The number of aromatic nitrogens is 2. The lowest BCUT2D eigenvalue weighted by Gasteiger charge is -2.41. The fraction of sp³-hybridized carbons (Fsp3) is 0.414. The number of urea groups is 1. The molecule has 218 valence electrons. The van der Waals surface area contributed by atoms with Gasteiger partial charge in [-0.2, -0.15) is 10.6 Å². The summed E-state index contributed by atoms with van der Waals surface area (Å²) in [5, 5.41) is 15.4. The van der Waals surface area contributed by atoms with Crippen LogP contribution in [0, 0.1) is 5.82 Å². The molecule has 2 heterocycles. The number of aliphatic hydroxyl groups is 1. The van der Waals surface area contributed by atoms with Gasteiger partial charge in [0.15, 0.2) is 5.82 Å². The number of halogens is 1. The number of ether oxygens (including phenoxy) is 1. The Hall–Kier alpha value is -3.29. The van der Waals surface area contributed by atoms with Crippen molar-refractivity contribution in [2.75, 3.05) is 36.5 Å². The van der Waals surface area contributed by atoms with E-state index in [0.717, 1.165) is 0 Å². The molecule has 3 aromatic rings. The zero-order valence-corrected chi connectivity index (χ0v) is 23.5. The molecule has 6 rings (SSSR count). The number of carbonyl (C=O) groups excluding carboxylic acids is 1. The first-order chi connectivity index (χ1) is 19.6. The van der Waals surface area contributed by atoms with E-state index < -0.39 is 32.8 Å². The standard InChI is InChI=1S/C29H34FN5O5S/c1-19-17-40-15-14-35(19)25-16-24(29(12-13-29)41(38,39)23-5-3-2-4-22(23)30)33-26(34-25)20-6-8-21(9-7-20)32-27(36)31-18-28(37)10-11-28/h2-9,16,19,37-39H,10-15,17-18H2,1H3,(H2,31,32,36)/t19-/m0/s1. The Morgan fingerprint density at radius 1 is 1.12 bits per heavy atom. The highest BCUT2D eigenvalue weighted by atomic mass is 32.3. The van der Waals surface area contributed by atoms with Crippen LogP contribution in [0.2, 0.25) is 0 Å². The van der Waals surface area contributed by atoms with Crippen LogP contribution in [0.15, 0.2) is 59.5 Å². The highest BCUT2D eigenvalue weighted by Gasteiger charge is 2.58. The van der Waals surface area contributed by atoms with Crippen molar-refractivity contribution >= 4 is 28.1 Å². The molecular weight excluding hydrogens is 549 g/mol. The van der Waals surface area contributed by atoms with Gasteiger partial charge in [-0.3, -0.25) is 9.11 Å². The largest absolute Gasteiger partial charge is 0.388 e. The summed E-state index contributed by atoms with van der Waals surface area (Å²) < 4.78 is 42.2. The zero-order chi connectivity index (χ0) is 28.8. The minimum Gasteiger partial charge on any atom is -0.388 e. The second kappa shape index (κ2) is 10.5. The summed E-state index contributed by atoms with van der Waals surface area (Å²) in [5.74, 6) is 0.363. The number of rotatable bonds is 8. The van der Waals surface area contributed by atoms with Gasteiger partial charge >= 0.3 is 6.03 Å². The van der Waals surface area contributed by atoms with E-state index in [0.29, 0.717) is 74.0 Å². The maximum absolute atomic E-state index is 14.8. The zero-order valence-electron chi connectivity index (χ0n) is 22.7. The van der Waals surface area contributed by atoms with Crippen molar-refractivity contribution in [3.05, 3.63) is 66.1 Å². The quantitative estimate of drug-likeness (QED) is 0.251. The van der Waals surface area contributed by atoms with Crippen LogP contribution in [0.4, 0.5) is 20.7 Å². The van der Waals surface area contributed by atoms with Crippen LogP contribution in [0.1, 0.15) is 38.3 Å². The Morgan fingerprint density at radius 3 is 2.51 bits per heavy atom. The molecule has 12 heteroatoms. The van der Waals surface area contributed by atoms with E-state index in [-0.39, 0.29) is 17.5 Å². The van der Waals surface area contributed by atoms with E-state index in [2.05, 4.69) is 15.5 Å². The van der Waals surface area contributed by atoms with Crippen LogP contribution in [0.25, 0.3) is 11.4 Å². The third kappa shape index (κ3) is 5.50. The maximum atomic E-state index is 14.8. The van der Waals surface area contributed by atoms with Gasteiger partial charge in [-0.05, 0) is 69.0 Å². The van der Waals surface area contributed by atoms with Crippen LogP contribution < -0.4 is 15.5 Å². The minimum atomic E-state index is -3.58. The number of nitrogens with one attached hydrogen (secondary N) is 2. The molecule has 0 radical (unpaired) electrons. The van der Waals surface area contributed by atoms with Gasteiger partial charge in [0.1, 0.15) is 16.4 Å². The van der Waals surface area contributed by atoms with Gasteiger partial charge in [-0.25, -0.2) is 19.2 Å². The molecule has 0 unspecified atom stereocenters. The van der Waals surface area contributed by atoms with Crippen molar-refractivity contribution in [3.8, 4) is 11.4 Å². The molecule has 2 amide bonds. The Labute approximate surface area is 239 Å². The highest BCUT2D eigenvalue weighted by molar-refractivity contribution is 8.25. The molecule has 0 bridgehead atoms. The summed E-state index contributed by atoms with van der Waals surface area (Å²) in [5.41, 5.74) is 0.899. The summed E-state index contributed by atoms with van der Waals surface area (Å²) in [6.45, 7) is 3.92. The molecule has 2 aliphatic carbocycles. The molecule has 41 heavy (non-hydrogen) atoms. The van der Waals surface area contributed by atoms with Crippen molar-refractivity contribution in [3.63, 3.8) is 0 Å². The maximum Gasteiger partial charge on any atom is 0.319 e. The van der Waals surface area contributed by atoms with Gasteiger partial charge in [0.05, 0.1) is 35.4 Å². The van der Waals surface area contributed by atoms with Crippen LogP contribution in [-0.2, 0) is 9.48 Å². The Morgan fingerprint density at radius 2 is 1.85 bits per heavy atom. The first-order valence-electron chi connectivity index (χ1n) is 13.7. The smallest absolute Gasteiger partial charge is 0.319 e. The highest BCUT2D eigenvalue weighted by Crippen LogP contribution is 2.75. The molecule has 2 aromatic carbocycles. The van der Waals surface area contributed by atoms with E-state index in [1.807, 2.05) is 6.92 Å². The van der Waals surface area contributed by atoms with E-state index in [9.17, 15) is 23.4 Å². The summed E-state index contributed by atoms with van der Waals surface area (Å²) in [7, 11) is -3.58. The normalized spacial score (nSPS) is 21.2. The second-order valence-corrected chi connectivity index (χ2v) is 13.5. The lowest BCUT2D eigenvalue weighted by atomic mass is 10.1. The molecule has 0 spiro atoms. The average molecular weight is 584 g/mol. The first-order valence-corrected chi connectivity index (χ1v) is 15.3. The molecule has 1 aliphatic heterocycles. The van der Waals surface area contributed by atoms with E-state index >= 15 is 0 Å². The number of benzene rings is 2. The third-order valence-corrected chi connectivity index (χ3v) is 10.7. The first kappa shape index (κ1) is 27.9. The number of hydrogen-bond donors (Lipinski definition) is 5. The number of amides is 2. The summed E-state index contributed by atoms with van der Waals surface area (Å²) in [6.07, 6.45) is 2.27.